The number of fused-ring (bicyclic) bond motifs is 2. The predicted molar refractivity (Wildman–Crippen MR) is 200 cm³/mol. The van der Waals surface area contributed by atoms with Crippen LogP contribution >= 0.6 is 0 Å². The molecule has 5 rings (SSSR count). The van der Waals surface area contributed by atoms with Gasteiger partial charge < -0.3 is 39.7 Å². The highest BCUT2D eigenvalue weighted by atomic mass is 16.6. The summed E-state index contributed by atoms with van der Waals surface area (Å²) in [7, 11) is 7.69. The lowest BCUT2D eigenvalue weighted by Crippen LogP contribution is -2.51. The highest BCUT2D eigenvalue weighted by Gasteiger charge is 2.26. The average Bonchev–Trinajstić information content (AvgIpc) is 3.60. The van der Waals surface area contributed by atoms with E-state index in [1.54, 1.807) is 43.8 Å². The van der Waals surface area contributed by atoms with Crippen LogP contribution in [0.15, 0.2) is 83.5 Å². The highest BCUT2D eigenvalue weighted by Crippen LogP contribution is 2.42. The number of hydrogen-bond acceptors (Lipinski definition) is 7. The molecule has 0 spiro atoms. The minimum Gasteiger partial charge on any atom is -0.478 e. The van der Waals surface area contributed by atoms with Crippen LogP contribution in [0.4, 0.5) is 10.5 Å². The lowest BCUT2D eigenvalue weighted by molar-refractivity contribution is -0.123. The first kappa shape index (κ1) is 37.2. The van der Waals surface area contributed by atoms with Crippen LogP contribution in [-0.4, -0.2) is 86.5 Å². The zero-order valence-electron chi connectivity index (χ0n) is 30.4. The van der Waals surface area contributed by atoms with Crippen LogP contribution in [-0.2, 0) is 16.1 Å². The molecule has 1 aliphatic heterocycles. The van der Waals surface area contributed by atoms with Crippen LogP contribution in [0.2, 0.25) is 0 Å². The van der Waals surface area contributed by atoms with Crippen molar-refractivity contribution in [2.75, 3.05) is 46.2 Å². The Kier molecular flexibility index (Phi) is 11.0. The summed E-state index contributed by atoms with van der Waals surface area (Å²) in [6, 6.07) is 18.6. The Bertz CT molecular complexity index is 2160. The Hall–Kier alpha value is -6.11. The number of rotatable bonds is 11. The molecule has 0 radical (unpaired) electrons. The first-order chi connectivity index (χ1) is 24.6. The molecule has 0 saturated heterocycles. The third-order valence-electron chi connectivity index (χ3n) is 8.28. The van der Waals surface area contributed by atoms with E-state index in [-0.39, 0.29) is 30.8 Å². The molecule has 1 atom stereocenters. The second kappa shape index (κ2) is 15.4. The number of benzene rings is 3. The number of aromatic carboxylic acids is 1. The summed E-state index contributed by atoms with van der Waals surface area (Å²) in [5.74, 6) is -1.49. The number of aromatic nitrogens is 1. The van der Waals surface area contributed by atoms with Crippen LogP contribution in [0.1, 0.15) is 41.5 Å². The molecule has 0 fully saturated rings. The fourth-order valence-corrected chi connectivity index (χ4v) is 5.73. The fraction of sp³-hybridized carbons (Fsp3) is 0.308. The van der Waals surface area contributed by atoms with Gasteiger partial charge in [-0.2, -0.15) is 0 Å². The van der Waals surface area contributed by atoms with Crippen molar-refractivity contribution < 1.29 is 33.4 Å². The van der Waals surface area contributed by atoms with E-state index in [1.165, 1.54) is 12.1 Å². The lowest BCUT2D eigenvalue weighted by atomic mass is 9.89. The van der Waals surface area contributed by atoms with Crippen molar-refractivity contribution in [2.24, 2.45) is 0 Å². The molecule has 1 unspecified atom stereocenters. The zero-order chi connectivity index (χ0) is 37.7. The Balaban J connectivity index is 1.40. The fourth-order valence-electron chi connectivity index (χ4n) is 5.73. The van der Waals surface area contributed by atoms with Crippen LogP contribution in [0.3, 0.4) is 0 Å². The number of ether oxygens (including phenoxy) is 1. The third-order valence-corrected chi connectivity index (χ3v) is 8.28. The minimum absolute atomic E-state index is 0.0252. The van der Waals surface area contributed by atoms with Gasteiger partial charge in [0.1, 0.15) is 37.1 Å². The monoisotopic (exact) mass is 709 g/mol. The summed E-state index contributed by atoms with van der Waals surface area (Å²) in [4.78, 5) is 53.6. The zero-order valence-corrected chi connectivity index (χ0v) is 30.4. The quantitative estimate of drug-likeness (QED) is 0.0901. The predicted octanol–water partition coefficient (Wildman–Crippen LogP) is 4.24. The van der Waals surface area contributed by atoms with Gasteiger partial charge in [0, 0.05) is 79.5 Å². The van der Waals surface area contributed by atoms with Gasteiger partial charge >= 0.3 is 12.1 Å². The largest absolute Gasteiger partial charge is 0.478 e. The van der Waals surface area contributed by atoms with Gasteiger partial charge in [0.2, 0.25) is 11.3 Å². The molecule has 52 heavy (non-hydrogen) atoms. The smallest absolute Gasteiger partial charge is 0.408 e. The molecule has 2 aromatic carbocycles. The summed E-state index contributed by atoms with van der Waals surface area (Å²) in [5, 5.41) is 20.1. The molecule has 3 amide bonds. The van der Waals surface area contributed by atoms with Gasteiger partial charge in [-0.1, -0.05) is 0 Å². The molecule has 3 aromatic rings. The number of amides is 3. The van der Waals surface area contributed by atoms with Gasteiger partial charge in [0.05, 0.1) is 18.2 Å². The summed E-state index contributed by atoms with van der Waals surface area (Å²) < 4.78 is 15.4. The van der Waals surface area contributed by atoms with Gasteiger partial charge in [0.15, 0.2) is 0 Å². The number of nitrogens with zero attached hydrogens (tertiary/aromatic N) is 3. The van der Waals surface area contributed by atoms with Crippen molar-refractivity contribution in [2.45, 2.75) is 39.0 Å². The Labute approximate surface area is 301 Å². The molecule has 0 saturated carbocycles. The maximum atomic E-state index is 13.5. The number of carbonyl (C=O) groups excluding carboxylic acids is 3. The second-order valence-corrected chi connectivity index (χ2v) is 13.8. The molecule has 2 aliphatic rings. The van der Waals surface area contributed by atoms with Crippen molar-refractivity contribution in [3.63, 3.8) is 0 Å². The number of anilines is 1. The molecular weight excluding hydrogens is 664 g/mol. The standard InChI is InChI=1S/C39H44N6O7/c1-39(2,3)52-38(50)42-31(23-45-18-8-9-19-45)36(47)41-17-16-40-35(46)24-10-13-27(37(48)49)30(20-24)34-28-14-11-25(43(4)5)21-32(28)51-33-22-26(44(6)7)12-15-29(33)34/h8-15,18-22,31H,16-17,23H2,1-7H3,(H3-,40,41,42,46,47,48,49,50)/p+1. The minimum atomic E-state index is -1.14. The number of carbonyl (C=O) groups is 4. The maximum absolute atomic E-state index is 13.5. The van der Waals surface area contributed by atoms with Crippen molar-refractivity contribution in [1.29, 1.82) is 0 Å². The Morgan fingerprint density at radius 2 is 1.63 bits per heavy atom. The number of nitrogens with one attached hydrogen (secondary N) is 3. The first-order valence-electron chi connectivity index (χ1n) is 16.8. The van der Waals surface area contributed by atoms with Crippen molar-refractivity contribution in [3.05, 3.63) is 95.6 Å². The van der Waals surface area contributed by atoms with E-state index < -0.39 is 35.5 Å². The Morgan fingerprint density at radius 3 is 2.29 bits per heavy atom. The SMILES string of the molecule is CN(C)c1ccc2c(-c3cc(C(=O)NCCNC(=O)C(Cn4cccc4)NC(=O)OC(C)(C)C)ccc3C(=O)O)c3ccc(=[N+](C)C)cc-3oc2c1. The number of hydrogen-bond donors (Lipinski definition) is 4. The molecule has 13 nitrogen and oxygen atoms in total. The second-order valence-electron chi connectivity index (χ2n) is 13.8. The van der Waals surface area contributed by atoms with Crippen LogP contribution < -0.4 is 30.8 Å². The van der Waals surface area contributed by atoms with Gasteiger partial charge in [-0.3, -0.25) is 9.59 Å². The Morgan fingerprint density at radius 1 is 0.923 bits per heavy atom. The van der Waals surface area contributed by atoms with E-state index in [4.69, 9.17) is 9.15 Å². The van der Waals surface area contributed by atoms with Gasteiger partial charge in [0.25, 0.3) is 5.91 Å². The molecule has 0 bridgehead atoms. The summed E-state index contributed by atoms with van der Waals surface area (Å²) in [6.45, 7) is 5.51. The summed E-state index contributed by atoms with van der Waals surface area (Å²) in [6.07, 6.45) is 2.83. The molecular formula is C39H45N6O7+. The van der Waals surface area contributed by atoms with Gasteiger partial charge in [-0.05, 0) is 74.9 Å². The van der Waals surface area contributed by atoms with E-state index >= 15 is 0 Å². The third kappa shape index (κ3) is 8.78. The topological polar surface area (TPSA) is 158 Å². The maximum Gasteiger partial charge on any atom is 0.408 e. The van der Waals surface area contributed by atoms with E-state index in [2.05, 4.69) is 16.0 Å². The number of carboxylic acid groups (broad SMARTS) is 1. The van der Waals surface area contributed by atoms with Crippen LogP contribution in [0, 0.1) is 0 Å². The highest BCUT2D eigenvalue weighted by molar-refractivity contribution is 6.09. The first-order valence-corrected chi connectivity index (χ1v) is 16.8. The number of alkyl carbamates (subject to hydrolysis) is 1. The van der Waals surface area contributed by atoms with Gasteiger partial charge in [-0.15, -0.1) is 0 Å². The van der Waals surface area contributed by atoms with Crippen LogP contribution in [0.25, 0.3) is 33.4 Å². The van der Waals surface area contributed by atoms with Crippen molar-refractivity contribution in [1.82, 2.24) is 25.1 Å². The van der Waals surface area contributed by atoms with Crippen molar-refractivity contribution >= 4 is 40.5 Å². The van der Waals surface area contributed by atoms with E-state index in [0.717, 1.165) is 11.0 Å². The average molecular weight is 710 g/mol. The summed E-state index contributed by atoms with van der Waals surface area (Å²) in [5.41, 5.74) is 2.65. The molecule has 4 N–H and O–H groups in total. The van der Waals surface area contributed by atoms with Crippen LogP contribution in [0.5, 0.6) is 0 Å². The van der Waals surface area contributed by atoms with E-state index in [1.807, 2.05) is 86.2 Å². The van der Waals surface area contributed by atoms with E-state index in [9.17, 15) is 24.3 Å². The molecule has 13 heteroatoms. The van der Waals surface area contributed by atoms with Gasteiger partial charge in [-0.25, -0.2) is 14.2 Å². The van der Waals surface area contributed by atoms with Crippen molar-refractivity contribution in [3.8, 4) is 22.5 Å². The lowest BCUT2D eigenvalue weighted by Gasteiger charge is -2.23. The molecule has 1 aromatic heterocycles. The normalized spacial score (nSPS) is 11.9. The van der Waals surface area contributed by atoms with E-state index in [0.29, 0.717) is 33.4 Å². The molecule has 1 aliphatic carbocycles. The number of carboxylic acids is 1. The summed E-state index contributed by atoms with van der Waals surface area (Å²) >= 11 is 0. The molecule has 272 valence electrons. The molecule has 2 heterocycles.